The average molecular weight is 177 g/mol. The number of aliphatic hydroxyl groups is 3. The summed E-state index contributed by atoms with van der Waals surface area (Å²) in [6.45, 7) is 1.28. The van der Waals surface area contributed by atoms with Gasteiger partial charge in [-0.05, 0) is 12.8 Å². The minimum Gasteiger partial charge on any atom is -0.377 e. The fraction of sp³-hybridized carbons (Fsp3) is 0.857. The first-order valence-electron chi connectivity index (χ1n) is 3.82. The Labute approximate surface area is 71.0 Å². The molecule has 0 aliphatic heterocycles. The van der Waals surface area contributed by atoms with Crippen molar-refractivity contribution in [3.8, 4) is 0 Å². The molecular formula is C7H15NO4. The van der Waals surface area contributed by atoms with Crippen LogP contribution >= 0.6 is 0 Å². The molecule has 0 bridgehead atoms. The third-order valence-electron chi connectivity index (χ3n) is 1.56. The number of hydrogen-bond donors (Lipinski definition) is 4. The third kappa shape index (κ3) is 5.06. The van der Waals surface area contributed by atoms with Crippen LogP contribution in [0.2, 0.25) is 0 Å². The van der Waals surface area contributed by atoms with Crippen molar-refractivity contribution in [1.82, 2.24) is 5.32 Å². The lowest BCUT2D eigenvalue weighted by atomic mass is 10.1. The zero-order chi connectivity index (χ0) is 9.56. The van der Waals surface area contributed by atoms with Crippen molar-refractivity contribution in [3.63, 3.8) is 0 Å². The summed E-state index contributed by atoms with van der Waals surface area (Å²) in [5.74, 6) is -0.586. The molecule has 0 saturated carbocycles. The molecule has 0 saturated heterocycles. The van der Waals surface area contributed by atoms with Gasteiger partial charge in [-0.15, -0.1) is 0 Å². The fourth-order valence-electron chi connectivity index (χ4n) is 0.782. The van der Waals surface area contributed by atoms with Crippen LogP contribution in [0.3, 0.4) is 0 Å². The summed E-state index contributed by atoms with van der Waals surface area (Å²) >= 11 is 0. The topological polar surface area (TPSA) is 89.8 Å². The number of carbonyl (C=O) groups is 1. The number of amides is 1. The maximum absolute atomic E-state index is 10.9. The summed E-state index contributed by atoms with van der Waals surface area (Å²) in [6, 6.07) is 0. The summed E-state index contributed by atoms with van der Waals surface area (Å²) in [5, 5.41) is 27.5. The molecule has 0 rings (SSSR count). The Morgan fingerprint density at radius 3 is 2.42 bits per heavy atom. The SMILES string of the molecule is CC(CCC(O)O)C(=O)NCO. The Balaban J connectivity index is 3.56. The van der Waals surface area contributed by atoms with E-state index in [-0.39, 0.29) is 25.0 Å². The first-order chi connectivity index (χ1) is 5.57. The van der Waals surface area contributed by atoms with E-state index in [4.69, 9.17) is 15.3 Å². The molecule has 72 valence electrons. The Morgan fingerprint density at radius 1 is 1.42 bits per heavy atom. The van der Waals surface area contributed by atoms with Gasteiger partial charge in [0, 0.05) is 5.92 Å². The van der Waals surface area contributed by atoms with E-state index in [0.29, 0.717) is 6.42 Å². The molecule has 0 aliphatic rings. The molecule has 0 aromatic carbocycles. The standard InChI is InChI=1S/C7H15NO4/c1-5(2-3-6(10)11)7(12)8-4-9/h5-6,9-11H,2-4H2,1H3,(H,8,12). The van der Waals surface area contributed by atoms with Crippen molar-refractivity contribution < 1.29 is 20.1 Å². The highest BCUT2D eigenvalue weighted by molar-refractivity contribution is 5.77. The fourth-order valence-corrected chi connectivity index (χ4v) is 0.782. The Hall–Kier alpha value is -0.650. The number of hydrogen-bond acceptors (Lipinski definition) is 4. The summed E-state index contributed by atoms with van der Waals surface area (Å²) in [7, 11) is 0. The lowest BCUT2D eigenvalue weighted by Crippen LogP contribution is -2.30. The molecule has 0 aromatic heterocycles. The lowest BCUT2D eigenvalue weighted by Gasteiger charge is -2.10. The van der Waals surface area contributed by atoms with Crippen molar-refractivity contribution in [2.75, 3.05) is 6.73 Å². The molecule has 0 heterocycles. The largest absolute Gasteiger partial charge is 0.377 e. The molecule has 1 unspecified atom stereocenters. The maximum atomic E-state index is 10.9. The summed E-state index contributed by atoms with van der Waals surface area (Å²) in [4.78, 5) is 10.9. The van der Waals surface area contributed by atoms with Gasteiger partial charge in [0.1, 0.15) is 6.73 Å². The van der Waals surface area contributed by atoms with Crippen molar-refractivity contribution in [2.24, 2.45) is 5.92 Å². The second-order valence-electron chi connectivity index (χ2n) is 2.66. The number of carbonyl (C=O) groups excluding carboxylic acids is 1. The van der Waals surface area contributed by atoms with E-state index in [1.807, 2.05) is 0 Å². The number of aliphatic hydroxyl groups excluding tert-OH is 2. The van der Waals surface area contributed by atoms with Crippen LogP contribution in [-0.2, 0) is 4.79 Å². The van der Waals surface area contributed by atoms with E-state index in [1.54, 1.807) is 6.92 Å². The molecule has 0 aliphatic carbocycles. The van der Waals surface area contributed by atoms with Gasteiger partial charge in [-0.3, -0.25) is 4.79 Å². The van der Waals surface area contributed by atoms with Gasteiger partial charge in [0.2, 0.25) is 5.91 Å². The van der Waals surface area contributed by atoms with Crippen LogP contribution in [0.1, 0.15) is 19.8 Å². The summed E-state index contributed by atoms with van der Waals surface area (Å²) in [6.07, 6.45) is -0.807. The average Bonchev–Trinajstić information content (AvgIpc) is 2.00. The molecule has 0 aromatic rings. The van der Waals surface area contributed by atoms with E-state index in [0.717, 1.165) is 0 Å². The minimum absolute atomic E-state index is 0.167. The van der Waals surface area contributed by atoms with Crippen molar-refractivity contribution in [2.45, 2.75) is 26.1 Å². The summed E-state index contributed by atoms with van der Waals surface area (Å²) in [5.41, 5.74) is 0. The molecular weight excluding hydrogens is 162 g/mol. The molecule has 0 spiro atoms. The smallest absolute Gasteiger partial charge is 0.224 e. The molecule has 0 radical (unpaired) electrons. The van der Waals surface area contributed by atoms with Gasteiger partial charge in [0.15, 0.2) is 6.29 Å². The molecule has 1 amide bonds. The highest BCUT2D eigenvalue weighted by Gasteiger charge is 2.12. The highest BCUT2D eigenvalue weighted by atomic mass is 16.5. The van der Waals surface area contributed by atoms with Gasteiger partial charge in [-0.2, -0.15) is 0 Å². The van der Waals surface area contributed by atoms with E-state index in [9.17, 15) is 4.79 Å². The first kappa shape index (κ1) is 11.4. The molecule has 4 N–H and O–H groups in total. The van der Waals surface area contributed by atoms with Crippen LogP contribution in [0.25, 0.3) is 0 Å². The number of rotatable bonds is 5. The summed E-state index contributed by atoms with van der Waals surface area (Å²) < 4.78 is 0. The Morgan fingerprint density at radius 2 is 2.00 bits per heavy atom. The third-order valence-corrected chi connectivity index (χ3v) is 1.56. The van der Waals surface area contributed by atoms with Crippen LogP contribution in [0.5, 0.6) is 0 Å². The molecule has 5 heteroatoms. The molecule has 12 heavy (non-hydrogen) atoms. The highest BCUT2D eigenvalue weighted by Crippen LogP contribution is 2.06. The van der Waals surface area contributed by atoms with Gasteiger partial charge in [-0.25, -0.2) is 0 Å². The van der Waals surface area contributed by atoms with Crippen LogP contribution < -0.4 is 5.32 Å². The maximum Gasteiger partial charge on any atom is 0.224 e. The zero-order valence-corrected chi connectivity index (χ0v) is 7.03. The van der Waals surface area contributed by atoms with Gasteiger partial charge >= 0.3 is 0 Å². The monoisotopic (exact) mass is 177 g/mol. The molecule has 1 atom stereocenters. The first-order valence-corrected chi connectivity index (χ1v) is 3.82. The Kier molecular flexibility index (Phi) is 5.61. The van der Waals surface area contributed by atoms with Crippen LogP contribution in [0, 0.1) is 5.92 Å². The van der Waals surface area contributed by atoms with Gasteiger partial charge in [0.25, 0.3) is 0 Å². The molecule has 5 nitrogen and oxygen atoms in total. The molecule has 0 fully saturated rings. The quantitative estimate of drug-likeness (QED) is 0.396. The van der Waals surface area contributed by atoms with Gasteiger partial charge in [0.05, 0.1) is 0 Å². The number of nitrogens with one attached hydrogen (secondary N) is 1. The van der Waals surface area contributed by atoms with E-state index in [2.05, 4.69) is 5.32 Å². The predicted molar refractivity (Wildman–Crippen MR) is 41.9 cm³/mol. The lowest BCUT2D eigenvalue weighted by molar-refractivity contribution is -0.126. The van der Waals surface area contributed by atoms with Crippen molar-refractivity contribution in [1.29, 1.82) is 0 Å². The Bertz CT molecular complexity index is 137. The van der Waals surface area contributed by atoms with Crippen LogP contribution in [0.4, 0.5) is 0 Å². The van der Waals surface area contributed by atoms with Gasteiger partial charge < -0.3 is 20.6 Å². The minimum atomic E-state index is -1.37. The van der Waals surface area contributed by atoms with Crippen LogP contribution in [-0.4, -0.2) is 34.2 Å². The van der Waals surface area contributed by atoms with Gasteiger partial charge in [-0.1, -0.05) is 6.92 Å². The normalized spacial score (nSPS) is 13.1. The van der Waals surface area contributed by atoms with E-state index < -0.39 is 6.29 Å². The van der Waals surface area contributed by atoms with Crippen LogP contribution in [0.15, 0.2) is 0 Å². The van der Waals surface area contributed by atoms with Crippen molar-refractivity contribution in [3.05, 3.63) is 0 Å². The predicted octanol–water partition coefficient (Wildman–Crippen LogP) is -1.22. The second-order valence-corrected chi connectivity index (χ2v) is 2.66. The second kappa shape index (κ2) is 5.93. The van der Waals surface area contributed by atoms with E-state index in [1.165, 1.54) is 0 Å². The van der Waals surface area contributed by atoms with E-state index >= 15 is 0 Å². The zero-order valence-electron chi connectivity index (χ0n) is 7.03. The van der Waals surface area contributed by atoms with Crippen molar-refractivity contribution >= 4 is 5.91 Å².